The zero-order valence-electron chi connectivity index (χ0n) is 9.50. The van der Waals surface area contributed by atoms with E-state index in [1.165, 1.54) is 6.07 Å². The van der Waals surface area contributed by atoms with Gasteiger partial charge in [0, 0.05) is 26.7 Å². The molecular formula is C12H17FN2O. The molecule has 0 spiro atoms. The number of nitrogens with zero attached hydrogens (tertiary/aromatic N) is 1. The molecule has 0 amide bonds. The summed E-state index contributed by atoms with van der Waals surface area (Å²) in [5.41, 5.74) is 1.69. The second-order valence-corrected chi connectivity index (χ2v) is 3.95. The quantitative estimate of drug-likeness (QED) is 0.845. The van der Waals surface area contributed by atoms with Crippen molar-refractivity contribution in [1.29, 1.82) is 0 Å². The van der Waals surface area contributed by atoms with Gasteiger partial charge in [0.2, 0.25) is 0 Å². The average Bonchev–Trinajstić information content (AvgIpc) is 2.33. The Hall–Kier alpha value is -1.13. The maximum atomic E-state index is 13.3. The molecule has 1 heterocycles. The van der Waals surface area contributed by atoms with E-state index in [0.717, 1.165) is 38.4 Å². The molecular weight excluding hydrogens is 207 g/mol. The number of hydrogen-bond donors (Lipinski definition) is 1. The summed E-state index contributed by atoms with van der Waals surface area (Å²) in [4.78, 5) is 2.32. The molecule has 1 saturated heterocycles. The first-order valence-corrected chi connectivity index (χ1v) is 5.56. The van der Waals surface area contributed by atoms with Gasteiger partial charge in [0.15, 0.2) is 0 Å². The summed E-state index contributed by atoms with van der Waals surface area (Å²) < 4.78 is 18.5. The van der Waals surface area contributed by atoms with E-state index in [4.69, 9.17) is 4.74 Å². The Labute approximate surface area is 95.2 Å². The number of halogens is 1. The smallest absolute Gasteiger partial charge is 0.146 e. The third kappa shape index (κ3) is 2.71. The van der Waals surface area contributed by atoms with Gasteiger partial charge in [0.05, 0.1) is 18.9 Å². The zero-order chi connectivity index (χ0) is 11.4. The Bertz CT molecular complexity index is 351. The van der Waals surface area contributed by atoms with E-state index < -0.39 is 0 Å². The first kappa shape index (κ1) is 11.4. The fourth-order valence-corrected chi connectivity index (χ4v) is 1.88. The third-order valence-electron chi connectivity index (χ3n) is 2.81. The van der Waals surface area contributed by atoms with Crippen molar-refractivity contribution in [3.8, 4) is 0 Å². The Morgan fingerprint density at radius 3 is 2.81 bits per heavy atom. The molecule has 1 aromatic carbocycles. The molecule has 1 aliphatic rings. The molecule has 0 aromatic heterocycles. The predicted molar refractivity (Wildman–Crippen MR) is 62.0 cm³/mol. The summed E-state index contributed by atoms with van der Waals surface area (Å²) in [5.74, 6) is -0.201. The molecule has 0 radical (unpaired) electrons. The lowest BCUT2D eigenvalue weighted by Gasteiger charge is -2.26. The normalized spacial score (nSPS) is 17.4. The van der Waals surface area contributed by atoms with Crippen LogP contribution in [0.2, 0.25) is 0 Å². The highest BCUT2D eigenvalue weighted by Crippen LogP contribution is 2.17. The summed E-state index contributed by atoms with van der Waals surface area (Å²) in [6.07, 6.45) is 0. The van der Waals surface area contributed by atoms with E-state index in [9.17, 15) is 4.39 Å². The number of anilines is 1. The summed E-state index contributed by atoms with van der Waals surface area (Å²) in [5, 5.41) is 2.85. The maximum absolute atomic E-state index is 13.3. The van der Waals surface area contributed by atoms with Gasteiger partial charge in [-0.1, -0.05) is 6.07 Å². The molecule has 2 rings (SSSR count). The molecule has 88 valence electrons. The zero-order valence-corrected chi connectivity index (χ0v) is 9.50. The lowest BCUT2D eigenvalue weighted by molar-refractivity contribution is 0.0342. The molecule has 1 aromatic rings. The molecule has 4 heteroatoms. The number of morpholine rings is 1. The molecule has 1 N–H and O–H groups in total. The Morgan fingerprint density at radius 1 is 1.38 bits per heavy atom. The van der Waals surface area contributed by atoms with Gasteiger partial charge < -0.3 is 10.1 Å². The highest BCUT2D eigenvalue weighted by Gasteiger charge is 2.11. The summed E-state index contributed by atoms with van der Waals surface area (Å²) in [6.45, 7) is 4.34. The summed E-state index contributed by atoms with van der Waals surface area (Å²) in [6, 6.07) is 5.22. The first-order chi connectivity index (χ1) is 7.79. The van der Waals surface area contributed by atoms with Crippen LogP contribution in [0.15, 0.2) is 18.2 Å². The monoisotopic (exact) mass is 224 g/mol. The second kappa shape index (κ2) is 5.27. The predicted octanol–water partition coefficient (Wildman–Crippen LogP) is 1.70. The Kier molecular flexibility index (Phi) is 3.74. The van der Waals surface area contributed by atoms with Gasteiger partial charge in [-0.05, 0) is 17.7 Å². The molecule has 1 aliphatic heterocycles. The summed E-state index contributed by atoms with van der Waals surface area (Å²) >= 11 is 0. The molecule has 0 unspecified atom stereocenters. The summed E-state index contributed by atoms with van der Waals surface area (Å²) in [7, 11) is 1.73. The topological polar surface area (TPSA) is 24.5 Å². The lowest BCUT2D eigenvalue weighted by Crippen LogP contribution is -2.35. The Morgan fingerprint density at radius 2 is 2.12 bits per heavy atom. The SMILES string of the molecule is CNc1cc(CN2CCOCC2)ccc1F. The van der Waals surface area contributed by atoms with Crippen LogP contribution in [0.1, 0.15) is 5.56 Å². The minimum Gasteiger partial charge on any atom is -0.386 e. The van der Waals surface area contributed by atoms with Crippen LogP contribution < -0.4 is 5.32 Å². The fourth-order valence-electron chi connectivity index (χ4n) is 1.88. The van der Waals surface area contributed by atoms with E-state index >= 15 is 0 Å². The number of ether oxygens (including phenoxy) is 1. The van der Waals surface area contributed by atoms with Crippen molar-refractivity contribution < 1.29 is 9.13 Å². The minimum atomic E-state index is -0.201. The van der Waals surface area contributed by atoms with Crippen LogP contribution in [0.3, 0.4) is 0 Å². The molecule has 0 saturated carbocycles. The average molecular weight is 224 g/mol. The van der Waals surface area contributed by atoms with Crippen molar-refractivity contribution in [1.82, 2.24) is 4.90 Å². The highest BCUT2D eigenvalue weighted by molar-refractivity contribution is 5.46. The van der Waals surface area contributed by atoms with Crippen molar-refractivity contribution in [2.75, 3.05) is 38.7 Å². The Balaban J connectivity index is 2.03. The van der Waals surface area contributed by atoms with Crippen LogP contribution in [0.5, 0.6) is 0 Å². The van der Waals surface area contributed by atoms with Gasteiger partial charge in [-0.2, -0.15) is 0 Å². The molecule has 0 atom stereocenters. The molecule has 1 fully saturated rings. The standard InChI is InChI=1S/C12H17FN2O/c1-14-12-8-10(2-3-11(12)13)9-15-4-6-16-7-5-15/h2-3,8,14H,4-7,9H2,1H3. The van der Waals surface area contributed by atoms with Gasteiger partial charge in [-0.25, -0.2) is 4.39 Å². The van der Waals surface area contributed by atoms with Gasteiger partial charge in [-0.3, -0.25) is 4.90 Å². The largest absolute Gasteiger partial charge is 0.386 e. The van der Waals surface area contributed by atoms with Crippen molar-refractivity contribution in [2.45, 2.75) is 6.54 Å². The van der Waals surface area contributed by atoms with E-state index in [-0.39, 0.29) is 5.82 Å². The first-order valence-electron chi connectivity index (χ1n) is 5.56. The van der Waals surface area contributed by atoms with Crippen molar-refractivity contribution in [2.24, 2.45) is 0 Å². The van der Waals surface area contributed by atoms with E-state index in [2.05, 4.69) is 10.2 Å². The number of hydrogen-bond acceptors (Lipinski definition) is 3. The second-order valence-electron chi connectivity index (χ2n) is 3.95. The molecule has 3 nitrogen and oxygen atoms in total. The van der Waals surface area contributed by atoms with E-state index in [0.29, 0.717) is 5.69 Å². The number of nitrogens with one attached hydrogen (secondary N) is 1. The van der Waals surface area contributed by atoms with Crippen LogP contribution >= 0.6 is 0 Å². The van der Waals surface area contributed by atoms with Crippen LogP contribution in [0, 0.1) is 5.82 Å². The fraction of sp³-hybridized carbons (Fsp3) is 0.500. The van der Waals surface area contributed by atoms with Crippen LogP contribution in [0.25, 0.3) is 0 Å². The van der Waals surface area contributed by atoms with Crippen LogP contribution in [-0.2, 0) is 11.3 Å². The number of rotatable bonds is 3. The van der Waals surface area contributed by atoms with Crippen molar-refractivity contribution in [3.63, 3.8) is 0 Å². The number of benzene rings is 1. The molecule has 16 heavy (non-hydrogen) atoms. The van der Waals surface area contributed by atoms with Crippen molar-refractivity contribution in [3.05, 3.63) is 29.6 Å². The molecule has 0 bridgehead atoms. The van der Waals surface area contributed by atoms with E-state index in [1.807, 2.05) is 12.1 Å². The van der Waals surface area contributed by atoms with Gasteiger partial charge in [0.25, 0.3) is 0 Å². The minimum absolute atomic E-state index is 0.201. The van der Waals surface area contributed by atoms with Crippen LogP contribution in [-0.4, -0.2) is 38.3 Å². The van der Waals surface area contributed by atoms with Gasteiger partial charge in [-0.15, -0.1) is 0 Å². The van der Waals surface area contributed by atoms with E-state index in [1.54, 1.807) is 7.05 Å². The van der Waals surface area contributed by atoms with Crippen molar-refractivity contribution >= 4 is 5.69 Å². The third-order valence-corrected chi connectivity index (χ3v) is 2.81. The lowest BCUT2D eigenvalue weighted by atomic mass is 10.1. The van der Waals surface area contributed by atoms with Gasteiger partial charge in [0.1, 0.15) is 5.82 Å². The highest BCUT2D eigenvalue weighted by atomic mass is 19.1. The maximum Gasteiger partial charge on any atom is 0.146 e. The molecule has 0 aliphatic carbocycles. The van der Waals surface area contributed by atoms with Crippen LogP contribution in [0.4, 0.5) is 10.1 Å². The van der Waals surface area contributed by atoms with Gasteiger partial charge >= 0.3 is 0 Å².